The molecule has 3 nitrogen and oxygen atoms in total. The average Bonchev–Trinajstić information content (AvgIpc) is 2.67. The van der Waals surface area contributed by atoms with Crippen LogP contribution in [0.3, 0.4) is 0 Å². The lowest BCUT2D eigenvalue weighted by atomic mass is 10.2. The molecule has 4 heteroatoms. The van der Waals surface area contributed by atoms with Crippen molar-refractivity contribution in [2.75, 3.05) is 18.8 Å². The Morgan fingerprint density at radius 1 is 1.50 bits per heavy atom. The highest BCUT2D eigenvalue weighted by Gasteiger charge is 2.35. The molecular formula is C8H13NO2S. The van der Waals surface area contributed by atoms with Gasteiger partial charge in [-0.25, -0.2) is 4.79 Å². The topological polar surface area (TPSA) is 43.4 Å². The maximum Gasteiger partial charge on any atom is 0.429 e. The Labute approximate surface area is 75.3 Å². The Bertz CT molecular complexity index is 189. The van der Waals surface area contributed by atoms with Crippen LogP contribution in [-0.4, -0.2) is 33.5 Å². The van der Waals surface area contributed by atoms with E-state index in [0.717, 1.165) is 19.5 Å². The second-order valence-corrected chi connectivity index (χ2v) is 4.94. The molecule has 0 aromatic heterocycles. The Kier molecular flexibility index (Phi) is 2.28. The third-order valence-electron chi connectivity index (χ3n) is 2.39. The molecule has 0 bridgehead atoms. The van der Waals surface area contributed by atoms with Gasteiger partial charge < -0.3 is 4.55 Å². The second kappa shape index (κ2) is 3.26. The van der Waals surface area contributed by atoms with E-state index in [9.17, 15) is 9.35 Å². The summed E-state index contributed by atoms with van der Waals surface area (Å²) in [5.74, 6) is 1.19. The van der Waals surface area contributed by atoms with Gasteiger partial charge in [-0.15, -0.1) is 0 Å². The molecule has 1 unspecified atom stereocenters. The second-order valence-electron chi connectivity index (χ2n) is 3.56. The first-order valence-electron chi connectivity index (χ1n) is 4.44. The number of hydrogen-bond acceptors (Lipinski definition) is 2. The van der Waals surface area contributed by atoms with Crippen molar-refractivity contribution >= 4 is 16.4 Å². The SMILES string of the molecule is O=C(N1CCC1)[S+]([O-])CC1CC1. The van der Waals surface area contributed by atoms with Gasteiger partial charge in [0, 0.05) is 30.2 Å². The minimum absolute atomic E-state index is 0.131. The maximum absolute atomic E-state index is 11.3. The van der Waals surface area contributed by atoms with Gasteiger partial charge in [-0.3, -0.25) is 4.90 Å². The fraction of sp³-hybridized carbons (Fsp3) is 0.875. The summed E-state index contributed by atoms with van der Waals surface area (Å²) >= 11 is -1.22. The van der Waals surface area contributed by atoms with Gasteiger partial charge >= 0.3 is 5.24 Å². The zero-order valence-corrected chi connectivity index (χ0v) is 7.81. The van der Waals surface area contributed by atoms with Crippen molar-refractivity contribution in [3.8, 4) is 0 Å². The van der Waals surface area contributed by atoms with Crippen LogP contribution in [0.1, 0.15) is 19.3 Å². The molecule has 2 fully saturated rings. The van der Waals surface area contributed by atoms with Crippen LogP contribution in [0.4, 0.5) is 4.79 Å². The van der Waals surface area contributed by atoms with E-state index in [0.29, 0.717) is 11.7 Å². The molecule has 2 rings (SSSR count). The minimum Gasteiger partial charge on any atom is -0.608 e. The van der Waals surface area contributed by atoms with E-state index in [1.54, 1.807) is 4.90 Å². The summed E-state index contributed by atoms with van der Waals surface area (Å²) in [5.41, 5.74) is 0. The number of nitrogens with zero attached hydrogens (tertiary/aromatic N) is 1. The van der Waals surface area contributed by atoms with Crippen LogP contribution in [0.25, 0.3) is 0 Å². The van der Waals surface area contributed by atoms with Gasteiger partial charge in [0.05, 0.1) is 0 Å². The standard InChI is InChI=1S/C8H13NO2S/c10-8(9-4-1-5-9)12(11)6-7-2-3-7/h7H,1-6H2. The van der Waals surface area contributed by atoms with Crippen molar-refractivity contribution in [3.05, 3.63) is 0 Å². The fourth-order valence-corrected chi connectivity index (χ4v) is 2.59. The monoisotopic (exact) mass is 187 g/mol. The van der Waals surface area contributed by atoms with Crippen LogP contribution >= 0.6 is 0 Å². The van der Waals surface area contributed by atoms with Crippen molar-refractivity contribution in [3.63, 3.8) is 0 Å². The van der Waals surface area contributed by atoms with Crippen molar-refractivity contribution < 1.29 is 9.35 Å². The van der Waals surface area contributed by atoms with Crippen LogP contribution in [0.15, 0.2) is 0 Å². The molecule has 1 atom stereocenters. The van der Waals surface area contributed by atoms with E-state index in [1.807, 2.05) is 0 Å². The first kappa shape index (κ1) is 8.38. The van der Waals surface area contributed by atoms with Gasteiger partial charge in [-0.05, 0) is 19.3 Å². The highest BCUT2D eigenvalue weighted by atomic mass is 32.2. The summed E-state index contributed by atoms with van der Waals surface area (Å²) in [6.07, 6.45) is 3.41. The van der Waals surface area contributed by atoms with E-state index in [-0.39, 0.29) is 5.24 Å². The summed E-state index contributed by atoms with van der Waals surface area (Å²) in [5, 5.41) is -0.131. The predicted octanol–water partition coefficient (Wildman–Crippen LogP) is 0.971. The number of likely N-dealkylation sites (tertiary alicyclic amines) is 1. The molecule has 68 valence electrons. The van der Waals surface area contributed by atoms with Crippen molar-refractivity contribution in [2.24, 2.45) is 5.92 Å². The van der Waals surface area contributed by atoms with E-state index in [4.69, 9.17) is 0 Å². The van der Waals surface area contributed by atoms with Gasteiger partial charge in [0.1, 0.15) is 5.75 Å². The molecule has 1 saturated heterocycles. The number of amides is 1. The summed E-state index contributed by atoms with van der Waals surface area (Å²) < 4.78 is 11.3. The summed E-state index contributed by atoms with van der Waals surface area (Å²) in [7, 11) is 0. The van der Waals surface area contributed by atoms with E-state index in [2.05, 4.69) is 0 Å². The molecule has 1 aliphatic carbocycles. The Balaban J connectivity index is 1.76. The van der Waals surface area contributed by atoms with Gasteiger partial charge in [0.25, 0.3) is 0 Å². The van der Waals surface area contributed by atoms with E-state index >= 15 is 0 Å². The Morgan fingerprint density at radius 3 is 2.58 bits per heavy atom. The number of carbonyl (C=O) groups is 1. The molecule has 1 saturated carbocycles. The largest absolute Gasteiger partial charge is 0.608 e. The molecule has 1 heterocycles. The van der Waals surface area contributed by atoms with Crippen molar-refractivity contribution in [1.29, 1.82) is 0 Å². The third kappa shape index (κ3) is 1.75. The molecule has 0 aromatic rings. The first-order valence-corrected chi connectivity index (χ1v) is 5.76. The Morgan fingerprint density at radius 2 is 2.17 bits per heavy atom. The first-order chi connectivity index (χ1) is 5.77. The van der Waals surface area contributed by atoms with Gasteiger partial charge in [-0.2, -0.15) is 0 Å². The lowest BCUT2D eigenvalue weighted by molar-refractivity contribution is 0.190. The highest BCUT2D eigenvalue weighted by molar-refractivity contribution is 8.05. The number of rotatable bonds is 2. The zero-order chi connectivity index (χ0) is 8.55. The van der Waals surface area contributed by atoms with Crippen LogP contribution in [0, 0.1) is 5.92 Å². The average molecular weight is 187 g/mol. The molecule has 0 aromatic carbocycles. The van der Waals surface area contributed by atoms with Crippen molar-refractivity contribution in [1.82, 2.24) is 4.90 Å². The normalized spacial score (nSPS) is 24.9. The number of carbonyl (C=O) groups excluding carboxylic acids is 1. The zero-order valence-electron chi connectivity index (χ0n) is 6.99. The van der Waals surface area contributed by atoms with E-state index < -0.39 is 11.2 Å². The van der Waals surface area contributed by atoms with Gasteiger partial charge in [0.15, 0.2) is 0 Å². The molecule has 2 aliphatic rings. The minimum atomic E-state index is -1.22. The third-order valence-corrected chi connectivity index (χ3v) is 3.81. The summed E-state index contributed by atoms with van der Waals surface area (Å²) in [6.45, 7) is 1.63. The van der Waals surface area contributed by atoms with Crippen molar-refractivity contribution in [2.45, 2.75) is 19.3 Å². The van der Waals surface area contributed by atoms with Crippen LogP contribution in [-0.2, 0) is 11.2 Å². The molecule has 1 amide bonds. The summed E-state index contributed by atoms with van der Waals surface area (Å²) in [6, 6.07) is 0. The molecule has 0 spiro atoms. The molecule has 1 aliphatic heterocycles. The smallest absolute Gasteiger partial charge is 0.429 e. The predicted molar refractivity (Wildman–Crippen MR) is 47.3 cm³/mol. The lowest BCUT2D eigenvalue weighted by Gasteiger charge is -2.29. The molecule has 12 heavy (non-hydrogen) atoms. The van der Waals surface area contributed by atoms with Gasteiger partial charge in [-0.1, -0.05) is 0 Å². The number of hydrogen-bond donors (Lipinski definition) is 0. The molecular weight excluding hydrogens is 174 g/mol. The van der Waals surface area contributed by atoms with Crippen LogP contribution in [0.5, 0.6) is 0 Å². The van der Waals surface area contributed by atoms with Crippen LogP contribution in [0.2, 0.25) is 0 Å². The quantitative estimate of drug-likeness (QED) is 0.605. The van der Waals surface area contributed by atoms with Crippen LogP contribution < -0.4 is 0 Å². The molecule has 0 N–H and O–H groups in total. The lowest BCUT2D eigenvalue weighted by Crippen LogP contribution is -2.45. The summed E-state index contributed by atoms with van der Waals surface area (Å²) in [4.78, 5) is 13.0. The van der Waals surface area contributed by atoms with E-state index in [1.165, 1.54) is 12.8 Å². The van der Waals surface area contributed by atoms with Gasteiger partial charge in [0.2, 0.25) is 0 Å². The fourth-order valence-electron chi connectivity index (χ4n) is 1.21. The Hall–Kier alpha value is -0.220. The highest BCUT2D eigenvalue weighted by Crippen LogP contribution is 2.31. The maximum atomic E-state index is 11.3. The molecule has 0 radical (unpaired) electrons.